The summed E-state index contributed by atoms with van der Waals surface area (Å²) in [6.45, 7) is 1.16. The van der Waals surface area contributed by atoms with Gasteiger partial charge in [-0.25, -0.2) is 0 Å². The van der Waals surface area contributed by atoms with Crippen LogP contribution in [0.3, 0.4) is 0 Å². The molecular weight excluding hydrogens is 1320 g/mol. The normalized spacial score (nSPS) is 14.7. The summed E-state index contributed by atoms with van der Waals surface area (Å²) in [4.78, 5) is 173. The minimum Gasteiger partial charge on any atom is -0.507 e. The number of nitrogens with zero attached hydrogens (tertiary/aromatic N) is 3. The lowest BCUT2D eigenvalue weighted by Crippen LogP contribution is -2.60. The summed E-state index contributed by atoms with van der Waals surface area (Å²) >= 11 is 1.90. The second-order valence-electron chi connectivity index (χ2n) is 22.1. The van der Waals surface area contributed by atoms with Gasteiger partial charge in [0, 0.05) is 63.4 Å². The molecule has 1 aliphatic rings. The molecular formula is C62H80IN17O13. The van der Waals surface area contributed by atoms with Crippen molar-refractivity contribution >= 4 is 105 Å². The number of nitrogens with two attached hydrogens (primary N) is 7. The predicted molar refractivity (Wildman–Crippen MR) is 350 cm³/mol. The number of halogens is 1. The summed E-state index contributed by atoms with van der Waals surface area (Å²) in [5.74, 6) is -10.7. The van der Waals surface area contributed by atoms with Crippen LogP contribution in [0.5, 0.6) is 5.75 Å². The molecule has 1 heterocycles. The molecule has 0 spiro atoms. The fourth-order valence-corrected chi connectivity index (χ4v) is 10.6. The number of hydrogen-bond donors (Lipinski definition) is 15. The van der Waals surface area contributed by atoms with Crippen molar-refractivity contribution in [2.75, 3.05) is 19.6 Å². The minimum atomic E-state index is -1.86. The number of amides is 11. The van der Waals surface area contributed by atoms with Crippen LogP contribution in [0.1, 0.15) is 97.3 Å². The second-order valence-corrected chi connectivity index (χ2v) is 23.2. The quantitative estimate of drug-likeness (QED) is 0.00730. The number of aliphatic imine (C=N–C) groups is 2. The van der Waals surface area contributed by atoms with Crippen molar-refractivity contribution in [3.8, 4) is 5.75 Å². The number of guanidine groups is 2. The Labute approximate surface area is 549 Å². The Morgan fingerprint density at radius 2 is 0.989 bits per heavy atom. The minimum absolute atomic E-state index is 0.00442. The van der Waals surface area contributed by atoms with Crippen LogP contribution in [0.2, 0.25) is 0 Å². The van der Waals surface area contributed by atoms with Crippen LogP contribution < -0.4 is 77.4 Å². The highest BCUT2D eigenvalue weighted by atomic mass is 127. The fourth-order valence-electron chi connectivity index (χ4n) is 10.1. The molecule has 93 heavy (non-hydrogen) atoms. The van der Waals surface area contributed by atoms with E-state index in [0.29, 0.717) is 31.4 Å². The van der Waals surface area contributed by atoms with Gasteiger partial charge >= 0.3 is 0 Å². The molecule has 1 fully saturated rings. The van der Waals surface area contributed by atoms with Crippen LogP contribution in [0.4, 0.5) is 0 Å². The molecule has 8 atom stereocenters. The first-order valence-electron chi connectivity index (χ1n) is 29.8. The molecule has 5 rings (SSSR count). The maximum atomic E-state index is 14.8. The summed E-state index contributed by atoms with van der Waals surface area (Å²) < 4.78 is 0.474. The number of phenols is 1. The monoisotopic (exact) mass is 1400 g/mol. The average Bonchev–Trinajstić information content (AvgIpc) is 1.88. The first-order chi connectivity index (χ1) is 44.2. The van der Waals surface area contributed by atoms with Crippen LogP contribution in [0, 0.1) is 3.57 Å². The largest absolute Gasteiger partial charge is 0.507 e. The van der Waals surface area contributed by atoms with Crippen LogP contribution in [-0.2, 0) is 72.0 Å². The van der Waals surface area contributed by atoms with E-state index in [4.69, 9.17) is 40.1 Å². The standard InChI is InChI=1S/C62H80IN17O13/c1-34(81)73-45(31-36-18-21-39(22-19-36)52(85)38-13-6-3-7-14-38)56(89)78-46(30-35-11-4-2-5-12-35)57(90)74-42(23-25-50(64)83)55(88)79-47(33-51(65)84)58(91)76-43(16-9-27-72-62(69)70)60(93)80-28-10-17-48(80)59(92)75-41(15-8-26-71-61(67)68)54(87)77-44(53(66)86)32-37-20-24-49(82)40(63)29-37/h2-7,11-14,18-22,24,29,41-48,82H,8-10,15-17,23,25-28,30-33H2,1H3,(H2,64,83)(H2,65,84)(H2,66,86)(H,73,81)(H,74,90)(H,75,92)(H,76,91)(H,77,87)(H,78,89)(H,79,88)(H4,67,68,71)(H4,69,70,72)/t41-,42-,43-,44-,45-,46-,47-,48+/m0/s1. The highest BCUT2D eigenvalue weighted by molar-refractivity contribution is 14.1. The summed E-state index contributed by atoms with van der Waals surface area (Å²) in [5.41, 5.74) is 41.4. The zero-order valence-electron chi connectivity index (χ0n) is 51.1. The molecule has 11 amide bonds. The molecule has 0 unspecified atom stereocenters. The number of benzene rings is 4. The van der Waals surface area contributed by atoms with Gasteiger partial charge in [-0.05, 0) is 96.4 Å². The molecule has 0 radical (unpaired) electrons. The number of hydrogen-bond acceptors (Lipinski definition) is 15. The van der Waals surface area contributed by atoms with Gasteiger partial charge in [0.1, 0.15) is 54.1 Å². The number of ketones is 1. The fraction of sp³-hybridized carbons (Fsp3) is 0.387. The Morgan fingerprint density at radius 3 is 1.54 bits per heavy atom. The van der Waals surface area contributed by atoms with Crippen LogP contribution in [0.25, 0.3) is 0 Å². The Morgan fingerprint density at radius 1 is 0.527 bits per heavy atom. The number of nitrogens with one attached hydrogen (secondary N) is 7. The summed E-state index contributed by atoms with van der Waals surface area (Å²) in [7, 11) is 0. The van der Waals surface area contributed by atoms with Gasteiger partial charge < -0.3 is 87.4 Å². The first-order valence-corrected chi connectivity index (χ1v) is 30.8. The number of carbonyl (C=O) groups is 12. The SMILES string of the molecule is CC(=O)N[C@@H](Cc1ccc(C(=O)c2ccccc2)cc1)C(=O)N[C@@H](Cc1ccccc1)C(=O)N[C@@H](CCC(N)=O)C(=O)N[C@@H](CC(N)=O)C(=O)N[C@@H](CCCN=C(N)N)C(=O)N1CCC[C@@H]1C(=O)N[C@@H](CCCN=C(N)N)C(=O)N[C@@H](Cc1ccc(O)c(I)c1)C(N)=O. The van der Waals surface area contributed by atoms with Crippen LogP contribution >= 0.6 is 22.6 Å². The summed E-state index contributed by atoms with van der Waals surface area (Å²) in [6.07, 6.45) is -1.90. The lowest BCUT2D eigenvalue weighted by molar-refractivity contribution is -0.143. The van der Waals surface area contributed by atoms with Crippen LogP contribution in [-0.4, -0.2) is 161 Å². The topological polar surface area (TPSA) is 519 Å². The molecule has 1 aliphatic heterocycles. The molecule has 0 bridgehead atoms. The molecule has 0 saturated carbocycles. The molecule has 1 saturated heterocycles. The molecule has 0 aromatic heterocycles. The zero-order valence-corrected chi connectivity index (χ0v) is 53.3. The number of rotatable bonds is 36. The van der Waals surface area contributed by atoms with Gasteiger partial charge in [-0.15, -0.1) is 0 Å². The van der Waals surface area contributed by atoms with E-state index in [1.165, 1.54) is 17.9 Å². The smallest absolute Gasteiger partial charge is 0.245 e. The van der Waals surface area contributed by atoms with E-state index < -0.39 is 133 Å². The Balaban J connectivity index is 1.37. The van der Waals surface area contributed by atoms with Gasteiger partial charge in [0.25, 0.3) is 0 Å². The molecule has 22 N–H and O–H groups in total. The van der Waals surface area contributed by atoms with Gasteiger partial charge in [-0.3, -0.25) is 67.5 Å². The van der Waals surface area contributed by atoms with Crippen molar-refractivity contribution in [1.29, 1.82) is 0 Å². The third-order valence-electron chi connectivity index (χ3n) is 14.7. The van der Waals surface area contributed by atoms with Crippen molar-refractivity contribution in [2.45, 2.75) is 132 Å². The maximum absolute atomic E-state index is 14.8. The van der Waals surface area contributed by atoms with Crippen molar-refractivity contribution in [2.24, 2.45) is 50.1 Å². The van der Waals surface area contributed by atoms with Gasteiger partial charge in [0.05, 0.1) is 9.99 Å². The molecule has 30 nitrogen and oxygen atoms in total. The number of phenolic OH excluding ortho intramolecular Hbond substituents is 1. The van der Waals surface area contributed by atoms with Gasteiger partial charge in [0.15, 0.2) is 17.7 Å². The van der Waals surface area contributed by atoms with Gasteiger partial charge in [-0.1, -0.05) is 91.0 Å². The Kier molecular flexibility index (Phi) is 28.9. The lowest BCUT2D eigenvalue weighted by atomic mass is 9.98. The molecule has 498 valence electrons. The first kappa shape index (κ1) is 73.5. The highest BCUT2D eigenvalue weighted by Gasteiger charge is 2.41. The number of likely N-dealkylation sites (tertiary alicyclic amines) is 1. The van der Waals surface area contributed by atoms with Crippen molar-refractivity contribution in [1.82, 2.24) is 42.1 Å². The highest BCUT2D eigenvalue weighted by Crippen LogP contribution is 2.23. The number of aromatic hydroxyl groups is 1. The summed E-state index contributed by atoms with van der Waals surface area (Å²) in [5, 5.41) is 28.1. The lowest BCUT2D eigenvalue weighted by Gasteiger charge is -2.31. The zero-order chi connectivity index (χ0) is 68.3. The van der Waals surface area contributed by atoms with Crippen LogP contribution in [0.15, 0.2) is 113 Å². The number of primary amides is 3. The van der Waals surface area contributed by atoms with Gasteiger partial charge in [-0.2, -0.15) is 0 Å². The average molecular weight is 1400 g/mol. The molecule has 4 aromatic rings. The van der Waals surface area contributed by atoms with E-state index in [9.17, 15) is 62.6 Å². The predicted octanol–water partition coefficient (Wildman–Crippen LogP) is -2.61. The maximum Gasteiger partial charge on any atom is 0.245 e. The molecule has 31 heteroatoms. The van der Waals surface area contributed by atoms with E-state index >= 15 is 0 Å². The Bertz CT molecular complexity index is 3390. The molecule has 4 aromatic carbocycles. The molecule has 0 aliphatic carbocycles. The van der Waals surface area contributed by atoms with Crippen molar-refractivity contribution in [3.05, 3.63) is 135 Å². The number of carbonyl (C=O) groups excluding carboxylic acids is 12. The van der Waals surface area contributed by atoms with E-state index in [1.807, 2.05) is 22.6 Å². The Hall–Kier alpha value is -10.2. The third-order valence-corrected chi connectivity index (χ3v) is 15.6. The van der Waals surface area contributed by atoms with Gasteiger partial charge in [0.2, 0.25) is 65.0 Å². The second kappa shape index (κ2) is 36.6. The summed E-state index contributed by atoms with van der Waals surface area (Å²) in [6, 6.07) is 16.3. The van der Waals surface area contributed by atoms with Crippen molar-refractivity contribution in [3.63, 3.8) is 0 Å². The van der Waals surface area contributed by atoms with E-state index in [0.717, 1.165) is 0 Å². The van der Waals surface area contributed by atoms with E-state index in [-0.39, 0.29) is 101 Å². The van der Waals surface area contributed by atoms with E-state index in [1.54, 1.807) is 97.1 Å². The van der Waals surface area contributed by atoms with Crippen molar-refractivity contribution < 1.29 is 62.6 Å². The third kappa shape index (κ3) is 24.5. The van der Waals surface area contributed by atoms with E-state index in [2.05, 4.69) is 47.2 Å².